The molecule has 2 rings (SSSR count). The van der Waals surface area contributed by atoms with E-state index < -0.39 is 48.8 Å². The van der Waals surface area contributed by atoms with Gasteiger partial charge in [0.2, 0.25) is 5.60 Å². The fourth-order valence-corrected chi connectivity index (χ4v) is 2.67. The lowest BCUT2D eigenvalue weighted by Gasteiger charge is -2.39. The minimum atomic E-state index is -4.88. The second kappa shape index (κ2) is 4.79. The van der Waals surface area contributed by atoms with Gasteiger partial charge in [-0.3, -0.25) is 0 Å². The number of fused-ring (bicyclic) bond motifs is 1. The van der Waals surface area contributed by atoms with E-state index in [2.05, 4.69) is 4.74 Å². The Morgan fingerprint density at radius 3 is 2.35 bits per heavy atom. The number of aliphatic hydroxyl groups is 2. The topological polar surface area (TPSA) is 77.4 Å². The van der Waals surface area contributed by atoms with E-state index in [0.717, 1.165) is 7.11 Å². The van der Waals surface area contributed by atoms with Crippen LogP contribution in [0.25, 0.3) is 0 Å². The van der Waals surface area contributed by atoms with Crippen molar-refractivity contribution in [2.45, 2.75) is 56.0 Å². The van der Waals surface area contributed by atoms with Crippen molar-refractivity contribution in [3.8, 4) is 0 Å². The Balaban J connectivity index is 2.44. The lowest BCUT2D eigenvalue weighted by molar-refractivity contribution is -0.331. The lowest BCUT2D eigenvalue weighted by atomic mass is 9.88. The second-order valence-corrected chi connectivity index (χ2v) is 5.23. The number of alkyl halides is 3. The lowest BCUT2D eigenvalue weighted by Crippen LogP contribution is -2.64. The zero-order valence-electron chi connectivity index (χ0n) is 11.2. The van der Waals surface area contributed by atoms with Crippen molar-refractivity contribution >= 4 is 0 Å². The summed E-state index contributed by atoms with van der Waals surface area (Å²) in [6.45, 7) is 1.99. The number of hydrogen-bond donors (Lipinski definition) is 2. The average Bonchev–Trinajstić information content (AvgIpc) is 2.76. The molecule has 2 N–H and O–H groups in total. The molecule has 2 heterocycles. The molecule has 5 atom stereocenters. The predicted molar refractivity (Wildman–Crippen MR) is 57.6 cm³/mol. The molecule has 0 aromatic rings. The van der Waals surface area contributed by atoms with Crippen LogP contribution in [0.5, 0.6) is 0 Å². The molecule has 2 saturated heterocycles. The van der Waals surface area contributed by atoms with Crippen LogP contribution in [-0.2, 0) is 18.9 Å². The van der Waals surface area contributed by atoms with Gasteiger partial charge in [0.25, 0.3) is 0 Å². The summed E-state index contributed by atoms with van der Waals surface area (Å²) in [7, 11) is 0.852. The van der Waals surface area contributed by atoms with Crippen molar-refractivity contribution in [3.05, 3.63) is 0 Å². The molecule has 118 valence electrons. The maximum atomic E-state index is 13.5. The van der Waals surface area contributed by atoms with E-state index >= 15 is 0 Å². The first-order chi connectivity index (χ1) is 9.09. The van der Waals surface area contributed by atoms with Crippen LogP contribution in [0.3, 0.4) is 0 Å². The first-order valence-electron chi connectivity index (χ1n) is 6.01. The van der Waals surface area contributed by atoms with Crippen LogP contribution in [0, 0.1) is 0 Å². The molecule has 6 nitrogen and oxygen atoms in total. The van der Waals surface area contributed by atoms with Crippen LogP contribution in [0.4, 0.5) is 13.2 Å². The number of hydrogen-bond acceptors (Lipinski definition) is 6. The quantitative estimate of drug-likeness (QED) is 0.773. The Morgan fingerprint density at radius 1 is 1.30 bits per heavy atom. The highest BCUT2D eigenvalue weighted by molar-refractivity contribution is 5.12. The number of methoxy groups -OCH3 is 1. The van der Waals surface area contributed by atoms with Crippen LogP contribution in [-0.4, -0.2) is 66.1 Å². The van der Waals surface area contributed by atoms with Crippen molar-refractivity contribution in [1.82, 2.24) is 0 Å². The van der Waals surface area contributed by atoms with E-state index in [4.69, 9.17) is 19.3 Å². The zero-order chi connectivity index (χ0) is 15.3. The van der Waals surface area contributed by atoms with Crippen molar-refractivity contribution in [3.63, 3.8) is 0 Å². The number of rotatable bonds is 3. The van der Waals surface area contributed by atoms with Crippen molar-refractivity contribution in [2.75, 3.05) is 13.7 Å². The molecule has 0 radical (unpaired) electrons. The van der Waals surface area contributed by atoms with Gasteiger partial charge in [-0.1, -0.05) is 0 Å². The first kappa shape index (κ1) is 15.9. The van der Waals surface area contributed by atoms with Gasteiger partial charge in [0.1, 0.15) is 12.2 Å². The minimum absolute atomic E-state index is 0.852. The third-order valence-electron chi connectivity index (χ3n) is 3.50. The Kier molecular flexibility index (Phi) is 3.81. The van der Waals surface area contributed by atoms with Gasteiger partial charge < -0.3 is 29.2 Å². The third-order valence-corrected chi connectivity index (χ3v) is 3.50. The molecule has 0 bridgehead atoms. The molecule has 0 aliphatic carbocycles. The van der Waals surface area contributed by atoms with Crippen molar-refractivity contribution in [1.29, 1.82) is 0 Å². The Labute approximate surface area is 113 Å². The minimum Gasteiger partial charge on any atom is -0.394 e. The van der Waals surface area contributed by atoms with E-state index in [-0.39, 0.29) is 0 Å². The second-order valence-electron chi connectivity index (χ2n) is 5.23. The summed E-state index contributed by atoms with van der Waals surface area (Å²) in [5, 5.41) is 18.5. The Morgan fingerprint density at radius 2 is 1.90 bits per heavy atom. The van der Waals surface area contributed by atoms with Crippen LogP contribution in [0.2, 0.25) is 0 Å². The summed E-state index contributed by atoms with van der Waals surface area (Å²) >= 11 is 0. The fourth-order valence-electron chi connectivity index (χ4n) is 2.67. The van der Waals surface area contributed by atoms with Gasteiger partial charge in [-0.15, -0.1) is 0 Å². The SMILES string of the molecule is CO[C@]1(C(F)(F)F)[C@@H]([C@H](O)CO)O[C@@H]2OC(C)(C)O[C@@H]21. The predicted octanol–water partition coefficient (Wildman–Crippen LogP) is 0.163. The molecule has 0 aromatic heterocycles. The molecule has 2 aliphatic rings. The van der Waals surface area contributed by atoms with Crippen LogP contribution in [0.15, 0.2) is 0 Å². The molecule has 2 aliphatic heterocycles. The largest absolute Gasteiger partial charge is 0.422 e. The van der Waals surface area contributed by atoms with E-state index in [1.54, 1.807) is 0 Å². The van der Waals surface area contributed by atoms with Gasteiger partial charge in [0.05, 0.1) is 6.61 Å². The number of halogens is 3. The monoisotopic (exact) mass is 302 g/mol. The summed E-state index contributed by atoms with van der Waals surface area (Å²) in [6.07, 6.45) is -11.4. The first-order valence-corrected chi connectivity index (χ1v) is 6.01. The summed E-state index contributed by atoms with van der Waals surface area (Å²) in [6, 6.07) is 0. The molecule has 2 fully saturated rings. The summed E-state index contributed by atoms with van der Waals surface area (Å²) < 4.78 is 60.8. The summed E-state index contributed by atoms with van der Waals surface area (Å²) in [5.74, 6) is -1.26. The van der Waals surface area contributed by atoms with E-state index in [9.17, 15) is 18.3 Å². The van der Waals surface area contributed by atoms with Crippen molar-refractivity contribution < 1.29 is 42.3 Å². The van der Waals surface area contributed by atoms with Crippen LogP contribution >= 0.6 is 0 Å². The third kappa shape index (κ3) is 2.13. The molecule has 0 spiro atoms. The zero-order valence-corrected chi connectivity index (χ0v) is 11.2. The highest BCUT2D eigenvalue weighted by Gasteiger charge is 2.76. The molecular weight excluding hydrogens is 285 g/mol. The van der Waals surface area contributed by atoms with E-state index in [1.165, 1.54) is 13.8 Å². The normalized spacial score (nSPS) is 41.7. The fraction of sp³-hybridized carbons (Fsp3) is 1.00. The maximum Gasteiger partial charge on any atom is 0.422 e. The number of aliphatic hydroxyl groups excluding tert-OH is 2. The maximum absolute atomic E-state index is 13.5. The van der Waals surface area contributed by atoms with Gasteiger partial charge in [-0.05, 0) is 13.8 Å². The molecule has 0 unspecified atom stereocenters. The molecule has 0 aromatic carbocycles. The van der Waals surface area contributed by atoms with Crippen LogP contribution in [0.1, 0.15) is 13.8 Å². The van der Waals surface area contributed by atoms with E-state index in [1.807, 2.05) is 0 Å². The smallest absolute Gasteiger partial charge is 0.394 e. The van der Waals surface area contributed by atoms with Gasteiger partial charge in [0, 0.05) is 7.11 Å². The summed E-state index contributed by atoms with van der Waals surface area (Å²) in [5.41, 5.74) is -2.91. The average molecular weight is 302 g/mol. The molecule has 0 amide bonds. The molecule has 0 saturated carbocycles. The van der Waals surface area contributed by atoms with Gasteiger partial charge in [-0.25, -0.2) is 0 Å². The summed E-state index contributed by atoms with van der Waals surface area (Å²) in [4.78, 5) is 0. The van der Waals surface area contributed by atoms with Gasteiger partial charge in [-0.2, -0.15) is 13.2 Å². The molecular formula is C11H17F3O6. The molecule has 9 heteroatoms. The molecule has 20 heavy (non-hydrogen) atoms. The Hall–Kier alpha value is -0.450. The Bertz CT molecular complexity index is 374. The highest BCUT2D eigenvalue weighted by atomic mass is 19.4. The highest BCUT2D eigenvalue weighted by Crippen LogP contribution is 2.52. The van der Waals surface area contributed by atoms with Gasteiger partial charge in [0.15, 0.2) is 18.2 Å². The standard InChI is InChI=1S/C11H17F3O6/c1-9(2)19-7-8(20-9)18-6(5(16)4-15)10(7,17-3)11(12,13)14/h5-8,15-16H,4H2,1-3H3/t5-,6-,7+,8-,10-/m1/s1. The van der Waals surface area contributed by atoms with E-state index in [0.29, 0.717) is 0 Å². The van der Waals surface area contributed by atoms with Gasteiger partial charge >= 0.3 is 6.18 Å². The number of ether oxygens (including phenoxy) is 4. The van der Waals surface area contributed by atoms with Crippen LogP contribution < -0.4 is 0 Å². The van der Waals surface area contributed by atoms with Crippen molar-refractivity contribution in [2.24, 2.45) is 0 Å².